The van der Waals surface area contributed by atoms with Crippen molar-refractivity contribution in [2.75, 3.05) is 6.54 Å². The first-order chi connectivity index (χ1) is 11.7. The number of imidazole rings is 1. The van der Waals surface area contributed by atoms with Crippen LogP contribution in [0.15, 0.2) is 18.2 Å². The molecule has 24 heavy (non-hydrogen) atoms. The van der Waals surface area contributed by atoms with E-state index in [9.17, 15) is 4.39 Å². The van der Waals surface area contributed by atoms with Crippen LogP contribution in [0.1, 0.15) is 30.8 Å². The lowest BCUT2D eigenvalue weighted by Gasteiger charge is -2.24. The maximum Gasteiger partial charge on any atom is 0.151 e. The SMILES string of the molecule is CCc1nnc2n1C[C@@H](CNCc1nc3c(F)cccc3[nH]1)CC2. The van der Waals surface area contributed by atoms with E-state index in [2.05, 4.69) is 37.0 Å². The Morgan fingerprint density at radius 3 is 3.12 bits per heavy atom. The standard InChI is InChI=1S/C17H21FN6/c1-2-15-22-23-16-7-6-11(10-24(15)16)8-19-9-14-20-13-5-3-4-12(18)17(13)21-14/h3-5,11,19H,2,6-10H2,1H3,(H,20,21)/t11-/m1/s1. The second-order valence-electron chi connectivity index (χ2n) is 6.35. The maximum atomic E-state index is 13.7. The van der Waals surface area contributed by atoms with Crippen LogP contribution in [0, 0.1) is 11.7 Å². The second kappa shape index (κ2) is 6.32. The molecular formula is C17H21FN6. The third-order valence-corrected chi connectivity index (χ3v) is 4.68. The number of hydrogen-bond acceptors (Lipinski definition) is 4. The molecule has 0 saturated heterocycles. The first-order valence-corrected chi connectivity index (χ1v) is 8.49. The van der Waals surface area contributed by atoms with Crippen molar-refractivity contribution in [2.24, 2.45) is 5.92 Å². The van der Waals surface area contributed by atoms with Gasteiger partial charge in [-0.1, -0.05) is 13.0 Å². The fourth-order valence-electron chi connectivity index (χ4n) is 3.41. The van der Waals surface area contributed by atoms with E-state index < -0.39 is 0 Å². The van der Waals surface area contributed by atoms with Gasteiger partial charge in [0.05, 0.1) is 12.1 Å². The third-order valence-electron chi connectivity index (χ3n) is 4.68. The Morgan fingerprint density at radius 1 is 1.38 bits per heavy atom. The quantitative estimate of drug-likeness (QED) is 0.753. The molecule has 1 aliphatic rings. The zero-order valence-electron chi connectivity index (χ0n) is 13.7. The number of halogens is 1. The Labute approximate surface area is 139 Å². The third kappa shape index (κ3) is 2.80. The number of hydrogen-bond donors (Lipinski definition) is 2. The van der Waals surface area contributed by atoms with Crippen molar-refractivity contribution in [3.05, 3.63) is 41.5 Å². The maximum absolute atomic E-state index is 13.7. The molecule has 0 amide bonds. The van der Waals surface area contributed by atoms with E-state index >= 15 is 0 Å². The minimum absolute atomic E-state index is 0.283. The van der Waals surface area contributed by atoms with Crippen molar-refractivity contribution < 1.29 is 4.39 Å². The van der Waals surface area contributed by atoms with Gasteiger partial charge in [0.1, 0.15) is 23.0 Å². The molecule has 1 aromatic carbocycles. The van der Waals surface area contributed by atoms with E-state index in [1.165, 1.54) is 6.07 Å². The largest absolute Gasteiger partial charge is 0.341 e. The molecule has 2 aromatic heterocycles. The zero-order valence-corrected chi connectivity index (χ0v) is 13.7. The van der Waals surface area contributed by atoms with E-state index in [0.717, 1.165) is 55.3 Å². The summed E-state index contributed by atoms with van der Waals surface area (Å²) in [7, 11) is 0. The van der Waals surface area contributed by atoms with Gasteiger partial charge < -0.3 is 14.9 Å². The number of benzene rings is 1. The van der Waals surface area contributed by atoms with Crippen LogP contribution in [0.5, 0.6) is 0 Å². The fraction of sp³-hybridized carbons (Fsp3) is 0.471. The van der Waals surface area contributed by atoms with E-state index in [1.807, 2.05) is 6.07 Å². The van der Waals surface area contributed by atoms with Crippen LogP contribution in [-0.4, -0.2) is 31.3 Å². The van der Waals surface area contributed by atoms with Gasteiger partial charge in [0.25, 0.3) is 0 Å². The number of aromatic nitrogens is 5. The predicted molar refractivity (Wildman–Crippen MR) is 89.0 cm³/mol. The van der Waals surface area contributed by atoms with Gasteiger partial charge in [-0.25, -0.2) is 9.37 Å². The van der Waals surface area contributed by atoms with E-state index in [4.69, 9.17) is 0 Å². The number of H-pyrrole nitrogens is 1. The Hall–Kier alpha value is -2.28. The summed E-state index contributed by atoms with van der Waals surface area (Å²) in [5.41, 5.74) is 1.15. The molecule has 0 unspecified atom stereocenters. The molecular weight excluding hydrogens is 307 g/mol. The molecule has 7 heteroatoms. The zero-order chi connectivity index (χ0) is 16.5. The lowest BCUT2D eigenvalue weighted by Crippen LogP contribution is -2.30. The summed E-state index contributed by atoms with van der Waals surface area (Å²) in [5.74, 6) is 3.22. The summed E-state index contributed by atoms with van der Waals surface area (Å²) < 4.78 is 15.9. The number of fused-ring (bicyclic) bond motifs is 2. The number of aryl methyl sites for hydroxylation is 2. The van der Waals surface area contributed by atoms with Gasteiger partial charge in [-0.05, 0) is 24.5 Å². The van der Waals surface area contributed by atoms with Gasteiger partial charge >= 0.3 is 0 Å². The molecule has 2 N–H and O–H groups in total. The number of nitrogens with zero attached hydrogens (tertiary/aromatic N) is 4. The highest BCUT2D eigenvalue weighted by Crippen LogP contribution is 2.20. The fourth-order valence-corrected chi connectivity index (χ4v) is 3.41. The number of rotatable bonds is 5. The Morgan fingerprint density at radius 2 is 2.29 bits per heavy atom. The van der Waals surface area contributed by atoms with Crippen molar-refractivity contribution in [2.45, 2.75) is 39.3 Å². The number of nitrogens with one attached hydrogen (secondary N) is 2. The van der Waals surface area contributed by atoms with Crippen LogP contribution in [0.2, 0.25) is 0 Å². The highest BCUT2D eigenvalue weighted by molar-refractivity contribution is 5.75. The molecule has 0 radical (unpaired) electrons. The van der Waals surface area contributed by atoms with Gasteiger partial charge in [-0.3, -0.25) is 0 Å². The molecule has 3 heterocycles. The molecule has 1 aliphatic heterocycles. The molecule has 6 nitrogen and oxygen atoms in total. The first kappa shape index (κ1) is 15.3. The number of aromatic amines is 1. The van der Waals surface area contributed by atoms with E-state index in [-0.39, 0.29) is 5.82 Å². The molecule has 3 aromatic rings. The summed E-state index contributed by atoms with van der Waals surface area (Å²) in [4.78, 5) is 7.50. The van der Waals surface area contributed by atoms with Gasteiger partial charge in [0, 0.05) is 25.9 Å². The van der Waals surface area contributed by atoms with Gasteiger partial charge in [0.2, 0.25) is 0 Å². The topological polar surface area (TPSA) is 71.4 Å². The van der Waals surface area contributed by atoms with Crippen LogP contribution >= 0.6 is 0 Å². The van der Waals surface area contributed by atoms with Gasteiger partial charge in [-0.15, -0.1) is 10.2 Å². The Kier molecular flexibility index (Phi) is 4.02. The molecule has 0 fully saturated rings. The highest BCUT2D eigenvalue weighted by atomic mass is 19.1. The monoisotopic (exact) mass is 328 g/mol. The van der Waals surface area contributed by atoms with E-state index in [0.29, 0.717) is 18.0 Å². The normalized spacial score (nSPS) is 17.3. The average molecular weight is 328 g/mol. The molecule has 0 spiro atoms. The summed E-state index contributed by atoms with van der Waals surface area (Å²) >= 11 is 0. The first-order valence-electron chi connectivity index (χ1n) is 8.49. The minimum atomic E-state index is -0.283. The van der Waals surface area contributed by atoms with Crippen molar-refractivity contribution in [3.8, 4) is 0 Å². The summed E-state index contributed by atoms with van der Waals surface area (Å²) in [6, 6.07) is 4.97. The lowest BCUT2D eigenvalue weighted by molar-refractivity contribution is 0.341. The van der Waals surface area contributed by atoms with Crippen LogP contribution in [0.3, 0.4) is 0 Å². The van der Waals surface area contributed by atoms with Crippen LogP contribution in [-0.2, 0) is 25.9 Å². The van der Waals surface area contributed by atoms with Gasteiger partial charge in [0.15, 0.2) is 5.82 Å². The molecule has 126 valence electrons. The number of para-hydroxylation sites is 1. The van der Waals surface area contributed by atoms with Crippen molar-refractivity contribution in [1.29, 1.82) is 0 Å². The summed E-state index contributed by atoms with van der Waals surface area (Å²) in [6.45, 7) is 4.59. The molecule has 4 rings (SSSR count). The molecule has 0 saturated carbocycles. The lowest BCUT2D eigenvalue weighted by atomic mass is 9.99. The summed E-state index contributed by atoms with van der Waals surface area (Å²) in [5, 5.41) is 12.0. The molecule has 1 atom stereocenters. The molecule has 0 aliphatic carbocycles. The highest BCUT2D eigenvalue weighted by Gasteiger charge is 2.22. The van der Waals surface area contributed by atoms with Gasteiger partial charge in [-0.2, -0.15) is 0 Å². The second-order valence-corrected chi connectivity index (χ2v) is 6.35. The van der Waals surface area contributed by atoms with Crippen molar-refractivity contribution in [3.63, 3.8) is 0 Å². The average Bonchev–Trinajstić information content (AvgIpc) is 3.19. The molecule has 0 bridgehead atoms. The smallest absolute Gasteiger partial charge is 0.151 e. The van der Waals surface area contributed by atoms with Crippen LogP contribution in [0.25, 0.3) is 11.0 Å². The van der Waals surface area contributed by atoms with Crippen molar-refractivity contribution in [1.82, 2.24) is 30.0 Å². The minimum Gasteiger partial charge on any atom is -0.341 e. The van der Waals surface area contributed by atoms with Crippen LogP contribution in [0.4, 0.5) is 4.39 Å². The van der Waals surface area contributed by atoms with Crippen molar-refractivity contribution >= 4 is 11.0 Å². The summed E-state index contributed by atoms with van der Waals surface area (Å²) in [6.07, 6.45) is 3.01. The Balaban J connectivity index is 1.36. The van der Waals surface area contributed by atoms with Crippen LogP contribution < -0.4 is 5.32 Å². The van der Waals surface area contributed by atoms with E-state index in [1.54, 1.807) is 6.07 Å². The predicted octanol–water partition coefficient (Wildman–Crippen LogP) is 2.21. The Bertz CT molecular complexity index is 839.